The molecule has 1 aromatic rings. The summed E-state index contributed by atoms with van der Waals surface area (Å²) < 4.78 is 0. The van der Waals surface area contributed by atoms with Crippen LogP contribution in [0.1, 0.15) is 73.8 Å². The van der Waals surface area contributed by atoms with Crippen molar-refractivity contribution >= 4 is 5.69 Å². The summed E-state index contributed by atoms with van der Waals surface area (Å²) in [7, 11) is 0. The highest BCUT2D eigenvalue weighted by molar-refractivity contribution is 5.60. The quantitative estimate of drug-likeness (QED) is 0.455. The lowest BCUT2D eigenvalue weighted by Crippen LogP contribution is -2.51. The SMILES string of the molecule is CC(C)(C)Nc1cc(C(C)(C)C2=CCC(O)C(NC(C)(C)C)C2)ccc1O. The van der Waals surface area contributed by atoms with Gasteiger partial charge in [-0.25, -0.2) is 0 Å². The fourth-order valence-corrected chi connectivity index (χ4v) is 3.71. The van der Waals surface area contributed by atoms with E-state index < -0.39 is 0 Å². The van der Waals surface area contributed by atoms with Crippen LogP contribution in [-0.2, 0) is 5.41 Å². The van der Waals surface area contributed by atoms with Gasteiger partial charge in [0.2, 0.25) is 0 Å². The van der Waals surface area contributed by atoms with E-state index in [0.717, 1.165) is 17.7 Å². The second-order valence-corrected chi connectivity index (χ2v) is 10.5. The van der Waals surface area contributed by atoms with Crippen molar-refractivity contribution in [1.29, 1.82) is 0 Å². The summed E-state index contributed by atoms with van der Waals surface area (Å²) in [6.07, 6.45) is 3.31. The molecule has 0 aliphatic heterocycles. The molecule has 0 spiro atoms. The number of aliphatic hydroxyl groups is 1. The fourth-order valence-electron chi connectivity index (χ4n) is 3.71. The van der Waals surface area contributed by atoms with Crippen molar-refractivity contribution in [2.75, 3.05) is 5.32 Å². The summed E-state index contributed by atoms with van der Waals surface area (Å²) in [5.41, 5.74) is 2.89. The van der Waals surface area contributed by atoms with Crippen LogP contribution < -0.4 is 10.6 Å². The zero-order valence-electron chi connectivity index (χ0n) is 18.3. The van der Waals surface area contributed by atoms with E-state index in [9.17, 15) is 10.2 Å². The Hall–Kier alpha value is -1.52. The average molecular weight is 375 g/mol. The van der Waals surface area contributed by atoms with Gasteiger partial charge in [-0.3, -0.25) is 0 Å². The summed E-state index contributed by atoms with van der Waals surface area (Å²) in [5.74, 6) is 0.268. The zero-order chi connectivity index (χ0) is 20.6. The normalized spacial score (nSPS) is 21.7. The predicted octanol–water partition coefficient (Wildman–Crippen LogP) is 4.72. The van der Waals surface area contributed by atoms with Crippen LogP contribution >= 0.6 is 0 Å². The lowest BCUT2D eigenvalue weighted by Gasteiger charge is -2.39. The first-order valence-electron chi connectivity index (χ1n) is 9.96. The highest BCUT2D eigenvalue weighted by atomic mass is 16.3. The minimum Gasteiger partial charge on any atom is -0.506 e. The van der Waals surface area contributed by atoms with E-state index in [2.05, 4.69) is 78.2 Å². The highest BCUT2D eigenvalue weighted by Gasteiger charge is 2.34. The van der Waals surface area contributed by atoms with Crippen LogP contribution in [0.15, 0.2) is 29.8 Å². The highest BCUT2D eigenvalue weighted by Crippen LogP contribution is 2.40. The van der Waals surface area contributed by atoms with Crippen molar-refractivity contribution in [3.63, 3.8) is 0 Å². The van der Waals surface area contributed by atoms with E-state index in [1.807, 2.05) is 6.07 Å². The Bertz CT molecular complexity index is 693. The van der Waals surface area contributed by atoms with E-state index >= 15 is 0 Å². The molecule has 2 atom stereocenters. The smallest absolute Gasteiger partial charge is 0.138 e. The number of benzene rings is 1. The van der Waals surface area contributed by atoms with Gasteiger partial charge in [0.05, 0.1) is 11.8 Å². The molecule has 0 fully saturated rings. The maximum Gasteiger partial charge on any atom is 0.138 e. The van der Waals surface area contributed by atoms with Gasteiger partial charge in [-0.05, 0) is 72.1 Å². The van der Waals surface area contributed by atoms with Crippen LogP contribution in [0.4, 0.5) is 5.69 Å². The minimum absolute atomic E-state index is 0.0411. The first-order valence-corrected chi connectivity index (χ1v) is 9.96. The lowest BCUT2D eigenvalue weighted by atomic mass is 9.72. The van der Waals surface area contributed by atoms with Crippen molar-refractivity contribution in [2.45, 2.75) is 96.9 Å². The van der Waals surface area contributed by atoms with Gasteiger partial charge in [-0.1, -0.05) is 31.6 Å². The minimum atomic E-state index is -0.360. The van der Waals surface area contributed by atoms with Crippen molar-refractivity contribution in [2.24, 2.45) is 0 Å². The third-order valence-corrected chi connectivity index (χ3v) is 5.16. The van der Waals surface area contributed by atoms with E-state index in [-0.39, 0.29) is 34.4 Å². The number of aliphatic hydroxyl groups excluding tert-OH is 1. The fraction of sp³-hybridized carbons (Fsp3) is 0.652. The average Bonchev–Trinajstić information content (AvgIpc) is 2.48. The molecule has 0 saturated carbocycles. The van der Waals surface area contributed by atoms with Crippen LogP contribution in [0.2, 0.25) is 0 Å². The first kappa shape index (κ1) is 21.8. The Morgan fingerprint density at radius 2 is 1.59 bits per heavy atom. The molecule has 4 N–H and O–H groups in total. The van der Waals surface area contributed by atoms with E-state index in [1.54, 1.807) is 6.07 Å². The summed E-state index contributed by atoms with van der Waals surface area (Å²) in [5, 5.41) is 27.7. The van der Waals surface area contributed by atoms with Crippen molar-refractivity contribution in [3.05, 3.63) is 35.4 Å². The lowest BCUT2D eigenvalue weighted by molar-refractivity contribution is 0.106. The second-order valence-electron chi connectivity index (χ2n) is 10.5. The molecule has 0 aromatic heterocycles. The summed E-state index contributed by atoms with van der Waals surface area (Å²) in [4.78, 5) is 0. The molecule has 2 unspecified atom stereocenters. The molecule has 4 heteroatoms. The summed E-state index contributed by atoms with van der Waals surface area (Å²) in [6, 6.07) is 5.88. The Kier molecular flexibility index (Phi) is 6.03. The summed E-state index contributed by atoms with van der Waals surface area (Å²) >= 11 is 0. The first-order chi connectivity index (χ1) is 12.2. The van der Waals surface area contributed by atoms with Crippen LogP contribution in [-0.4, -0.2) is 33.4 Å². The molecule has 0 amide bonds. The molecular weight excluding hydrogens is 336 g/mol. The van der Waals surface area contributed by atoms with E-state index in [4.69, 9.17) is 0 Å². The largest absolute Gasteiger partial charge is 0.506 e. The maximum atomic E-state index is 10.4. The standard InChI is InChI=1S/C23H38N2O2/c1-21(2,3)24-17-13-15(9-11-19(17)26)23(7,8)16-10-12-20(27)18(14-16)25-22(4,5)6/h9-11,13,18,20,24-27H,12,14H2,1-8H3. The Morgan fingerprint density at radius 1 is 0.963 bits per heavy atom. The van der Waals surface area contributed by atoms with Gasteiger partial charge < -0.3 is 20.8 Å². The number of rotatable bonds is 4. The molecule has 152 valence electrons. The van der Waals surface area contributed by atoms with Crippen LogP contribution in [0.25, 0.3) is 0 Å². The number of aromatic hydroxyl groups is 1. The van der Waals surface area contributed by atoms with Crippen molar-refractivity contribution < 1.29 is 10.2 Å². The number of nitrogens with one attached hydrogen (secondary N) is 2. The van der Waals surface area contributed by atoms with Gasteiger partial charge in [-0.2, -0.15) is 0 Å². The molecule has 4 nitrogen and oxygen atoms in total. The zero-order valence-corrected chi connectivity index (χ0v) is 18.3. The van der Waals surface area contributed by atoms with Gasteiger partial charge in [0.25, 0.3) is 0 Å². The molecule has 2 rings (SSSR count). The molecule has 0 heterocycles. The van der Waals surface area contributed by atoms with Crippen LogP contribution in [0.3, 0.4) is 0 Å². The number of hydrogen-bond acceptors (Lipinski definition) is 4. The number of phenolic OH excluding ortho intramolecular Hbond substituents is 1. The van der Waals surface area contributed by atoms with Crippen LogP contribution in [0, 0.1) is 0 Å². The molecule has 1 aromatic carbocycles. The monoisotopic (exact) mass is 374 g/mol. The third-order valence-electron chi connectivity index (χ3n) is 5.16. The molecule has 1 aliphatic rings. The van der Waals surface area contributed by atoms with E-state index in [1.165, 1.54) is 5.57 Å². The maximum absolute atomic E-state index is 10.4. The summed E-state index contributed by atoms with van der Waals surface area (Å²) in [6.45, 7) is 17.1. The molecular formula is C23H38N2O2. The number of hydrogen-bond donors (Lipinski definition) is 4. The van der Waals surface area contributed by atoms with Gasteiger partial charge >= 0.3 is 0 Å². The van der Waals surface area contributed by atoms with Gasteiger partial charge in [0.15, 0.2) is 0 Å². The molecule has 27 heavy (non-hydrogen) atoms. The van der Waals surface area contributed by atoms with Crippen molar-refractivity contribution in [3.8, 4) is 5.75 Å². The van der Waals surface area contributed by atoms with Gasteiger partial charge in [-0.15, -0.1) is 0 Å². The number of anilines is 1. The van der Waals surface area contributed by atoms with Gasteiger partial charge in [0, 0.05) is 22.5 Å². The molecule has 0 radical (unpaired) electrons. The van der Waals surface area contributed by atoms with Crippen molar-refractivity contribution in [1.82, 2.24) is 5.32 Å². The topological polar surface area (TPSA) is 64.5 Å². The van der Waals surface area contributed by atoms with E-state index in [0.29, 0.717) is 6.42 Å². The third kappa shape index (κ3) is 5.73. The molecule has 0 saturated heterocycles. The molecule has 0 bridgehead atoms. The molecule has 1 aliphatic carbocycles. The predicted molar refractivity (Wildman–Crippen MR) is 115 cm³/mol. The Morgan fingerprint density at radius 3 is 2.15 bits per heavy atom. The Labute approximate surface area is 165 Å². The Balaban J connectivity index is 2.31. The second kappa shape index (κ2) is 7.48. The number of phenols is 1. The van der Waals surface area contributed by atoms with Gasteiger partial charge in [0.1, 0.15) is 5.75 Å². The van der Waals surface area contributed by atoms with Crippen LogP contribution in [0.5, 0.6) is 5.75 Å².